The predicted octanol–water partition coefficient (Wildman–Crippen LogP) is 2.98. The van der Waals surface area contributed by atoms with E-state index in [0.29, 0.717) is 11.8 Å². The maximum atomic E-state index is 12.8. The number of nitrogens with zero attached hydrogens (tertiary/aromatic N) is 3. The summed E-state index contributed by atoms with van der Waals surface area (Å²) in [5.74, 6) is 1.45. The van der Waals surface area contributed by atoms with Crippen molar-refractivity contribution in [2.45, 2.75) is 19.9 Å². The minimum absolute atomic E-state index is 0.193. The zero-order valence-corrected chi connectivity index (χ0v) is 14.8. The molecule has 0 saturated carbocycles. The van der Waals surface area contributed by atoms with E-state index in [9.17, 15) is 4.79 Å². The standard InChI is InChI=1S/C21H25N3O/c1-16-3-2-4-18(11-16)21(25)24-14-19-7-10-23(13-20(19)15-24)12-17-5-8-22-9-6-17/h2-6,8-9,11,19-20H,7,10,12-15H2,1H3/t19-,20+/m1/s1. The third-order valence-electron chi connectivity index (χ3n) is 5.59. The Bertz CT molecular complexity index is 746. The number of piperidine rings is 1. The number of amides is 1. The number of hydrogen-bond donors (Lipinski definition) is 0. The average Bonchev–Trinajstić information content (AvgIpc) is 3.05. The Kier molecular flexibility index (Phi) is 4.53. The summed E-state index contributed by atoms with van der Waals surface area (Å²) >= 11 is 0. The molecule has 2 aromatic rings. The summed E-state index contributed by atoms with van der Waals surface area (Å²) in [6.45, 7) is 7.04. The van der Waals surface area contributed by atoms with E-state index in [0.717, 1.165) is 43.9 Å². The third kappa shape index (κ3) is 3.59. The van der Waals surface area contributed by atoms with Gasteiger partial charge in [-0.15, -0.1) is 0 Å². The molecular formula is C21H25N3O. The van der Waals surface area contributed by atoms with E-state index >= 15 is 0 Å². The van der Waals surface area contributed by atoms with E-state index in [-0.39, 0.29) is 5.91 Å². The molecule has 2 atom stereocenters. The lowest BCUT2D eigenvalue weighted by Gasteiger charge is -2.34. The summed E-state index contributed by atoms with van der Waals surface area (Å²) in [7, 11) is 0. The number of pyridine rings is 1. The summed E-state index contributed by atoms with van der Waals surface area (Å²) in [6, 6.07) is 12.1. The summed E-state index contributed by atoms with van der Waals surface area (Å²) in [5.41, 5.74) is 3.29. The van der Waals surface area contributed by atoms with Gasteiger partial charge in [0.25, 0.3) is 5.91 Å². The molecule has 1 amide bonds. The molecule has 4 heteroatoms. The lowest BCUT2D eigenvalue weighted by molar-refractivity contribution is 0.0783. The molecule has 0 radical (unpaired) electrons. The zero-order chi connectivity index (χ0) is 17.2. The second-order valence-corrected chi connectivity index (χ2v) is 7.48. The van der Waals surface area contributed by atoms with Gasteiger partial charge in [0.15, 0.2) is 0 Å². The van der Waals surface area contributed by atoms with Crippen LogP contribution >= 0.6 is 0 Å². The molecule has 25 heavy (non-hydrogen) atoms. The SMILES string of the molecule is Cc1cccc(C(=O)N2C[C@H]3CCN(Cc4ccncc4)C[C@H]3C2)c1. The normalized spacial score (nSPS) is 23.5. The highest BCUT2D eigenvalue weighted by Crippen LogP contribution is 2.32. The predicted molar refractivity (Wildman–Crippen MR) is 98.2 cm³/mol. The van der Waals surface area contributed by atoms with Gasteiger partial charge in [-0.2, -0.15) is 0 Å². The fourth-order valence-corrected chi connectivity index (χ4v) is 4.26. The van der Waals surface area contributed by atoms with Crippen LogP contribution in [0.2, 0.25) is 0 Å². The largest absolute Gasteiger partial charge is 0.338 e. The van der Waals surface area contributed by atoms with Crippen molar-refractivity contribution >= 4 is 5.91 Å². The van der Waals surface area contributed by atoms with E-state index in [2.05, 4.69) is 26.9 Å². The van der Waals surface area contributed by atoms with Crippen LogP contribution in [-0.4, -0.2) is 46.9 Å². The number of aryl methyl sites for hydroxylation is 1. The summed E-state index contributed by atoms with van der Waals surface area (Å²) in [4.78, 5) is 21.5. The molecule has 0 spiro atoms. The highest BCUT2D eigenvalue weighted by atomic mass is 16.2. The first-order valence-electron chi connectivity index (χ1n) is 9.16. The van der Waals surface area contributed by atoms with Crippen molar-refractivity contribution in [2.75, 3.05) is 26.2 Å². The molecule has 0 aliphatic carbocycles. The van der Waals surface area contributed by atoms with Crippen LogP contribution in [0.5, 0.6) is 0 Å². The lowest BCUT2D eigenvalue weighted by atomic mass is 9.88. The van der Waals surface area contributed by atoms with Crippen LogP contribution in [0.1, 0.15) is 27.9 Å². The Morgan fingerprint density at radius 3 is 2.72 bits per heavy atom. The van der Waals surface area contributed by atoms with E-state index < -0.39 is 0 Å². The van der Waals surface area contributed by atoms with Crippen molar-refractivity contribution in [3.63, 3.8) is 0 Å². The zero-order valence-electron chi connectivity index (χ0n) is 14.8. The molecule has 1 aromatic heterocycles. The van der Waals surface area contributed by atoms with Crippen LogP contribution < -0.4 is 0 Å². The van der Waals surface area contributed by atoms with Gasteiger partial charge in [-0.1, -0.05) is 17.7 Å². The molecule has 0 bridgehead atoms. The van der Waals surface area contributed by atoms with Gasteiger partial charge in [0.2, 0.25) is 0 Å². The monoisotopic (exact) mass is 335 g/mol. The molecule has 3 heterocycles. The molecular weight excluding hydrogens is 310 g/mol. The van der Waals surface area contributed by atoms with Crippen LogP contribution in [0.15, 0.2) is 48.8 Å². The van der Waals surface area contributed by atoms with Crippen LogP contribution in [-0.2, 0) is 6.54 Å². The van der Waals surface area contributed by atoms with Crippen LogP contribution in [0, 0.1) is 18.8 Å². The first-order valence-corrected chi connectivity index (χ1v) is 9.16. The Morgan fingerprint density at radius 1 is 1.12 bits per heavy atom. The number of rotatable bonds is 3. The number of carbonyl (C=O) groups excluding carboxylic acids is 1. The molecule has 2 fully saturated rings. The molecule has 0 unspecified atom stereocenters. The van der Waals surface area contributed by atoms with Gasteiger partial charge in [0.05, 0.1) is 0 Å². The lowest BCUT2D eigenvalue weighted by Crippen LogP contribution is -2.39. The van der Waals surface area contributed by atoms with Gasteiger partial charge in [-0.25, -0.2) is 0 Å². The Hall–Kier alpha value is -2.20. The quantitative estimate of drug-likeness (QED) is 0.865. The smallest absolute Gasteiger partial charge is 0.253 e. The highest BCUT2D eigenvalue weighted by molar-refractivity contribution is 5.94. The van der Waals surface area contributed by atoms with Gasteiger partial charge >= 0.3 is 0 Å². The van der Waals surface area contributed by atoms with E-state index in [1.54, 1.807) is 0 Å². The third-order valence-corrected chi connectivity index (χ3v) is 5.59. The fraction of sp³-hybridized carbons (Fsp3) is 0.429. The summed E-state index contributed by atoms with van der Waals surface area (Å²) in [6.07, 6.45) is 4.91. The minimum atomic E-state index is 0.193. The molecule has 130 valence electrons. The number of likely N-dealkylation sites (tertiary alicyclic amines) is 2. The van der Waals surface area contributed by atoms with Crippen molar-refractivity contribution < 1.29 is 4.79 Å². The second-order valence-electron chi connectivity index (χ2n) is 7.48. The van der Waals surface area contributed by atoms with Crippen LogP contribution in [0.4, 0.5) is 0 Å². The van der Waals surface area contributed by atoms with Gasteiger partial charge < -0.3 is 4.90 Å². The van der Waals surface area contributed by atoms with E-state index in [4.69, 9.17) is 0 Å². The number of aromatic nitrogens is 1. The van der Waals surface area contributed by atoms with Crippen LogP contribution in [0.3, 0.4) is 0 Å². The molecule has 2 saturated heterocycles. The van der Waals surface area contributed by atoms with E-state index in [1.165, 1.54) is 12.0 Å². The van der Waals surface area contributed by atoms with Gasteiger partial charge in [0, 0.05) is 44.1 Å². The Labute approximate surface area is 149 Å². The topological polar surface area (TPSA) is 36.4 Å². The number of benzene rings is 1. The molecule has 4 rings (SSSR count). The molecule has 2 aliphatic heterocycles. The maximum Gasteiger partial charge on any atom is 0.253 e. The molecule has 1 aromatic carbocycles. The molecule has 2 aliphatic rings. The Balaban J connectivity index is 1.39. The van der Waals surface area contributed by atoms with Gasteiger partial charge in [-0.05, 0) is 61.6 Å². The van der Waals surface area contributed by atoms with Gasteiger partial charge in [-0.3, -0.25) is 14.7 Å². The van der Waals surface area contributed by atoms with Crippen LogP contribution in [0.25, 0.3) is 0 Å². The van der Waals surface area contributed by atoms with Crippen molar-refractivity contribution in [1.82, 2.24) is 14.8 Å². The number of fused-ring (bicyclic) bond motifs is 1. The van der Waals surface area contributed by atoms with Gasteiger partial charge in [0.1, 0.15) is 0 Å². The molecule has 0 N–H and O–H groups in total. The summed E-state index contributed by atoms with van der Waals surface area (Å²) < 4.78 is 0. The van der Waals surface area contributed by atoms with Crippen molar-refractivity contribution in [3.8, 4) is 0 Å². The van der Waals surface area contributed by atoms with Crippen molar-refractivity contribution in [1.29, 1.82) is 0 Å². The average molecular weight is 335 g/mol. The minimum Gasteiger partial charge on any atom is -0.338 e. The first kappa shape index (κ1) is 16.3. The highest BCUT2D eigenvalue weighted by Gasteiger charge is 2.38. The molecule has 4 nitrogen and oxygen atoms in total. The first-order chi connectivity index (χ1) is 12.2. The van der Waals surface area contributed by atoms with Crippen molar-refractivity contribution in [3.05, 3.63) is 65.5 Å². The number of hydrogen-bond acceptors (Lipinski definition) is 3. The fourth-order valence-electron chi connectivity index (χ4n) is 4.26. The summed E-state index contributed by atoms with van der Waals surface area (Å²) in [5, 5.41) is 0. The number of carbonyl (C=O) groups is 1. The second kappa shape index (κ2) is 6.96. The van der Waals surface area contributed by atoms with E-state index in [1.807, 2.05) is 43.6 Å². The maximum absolute atomic E-state index is 12.8. The Morgan fingerprint density at radius 2 is 1.92 bits per heavy atom. The van der Waals surface area contributed by atoms with Crippen molar-refractivity contribution in [2.24, 2.45) is 11.8 Å².